The van der Waals surface area contributed by atoms with Gasteiger partial charge in [0.1, 0.15) is 11.9 Å². The molecule has 2 aromatic carbocycles. The molecule has 1 atom stereocenters. The Morgan fingerprint density at radius 2 is 1.66 bits per heavy atom. The van der Waals surface area contributed by atoms with E-state index in [1.54, 1.807) is 7.11 Å². The van der Waals surface area contributed by atoms with E-state index in [2.05, 4.69) is 17.9 Å². The van der Waals surface area contributed by atoms with Gasteiger partial charge in [0, 0.05) is 18.2 Å². The molecule has 0 aliphatic heterocycles. The molecule has 4 bridgehead atoms. The number of ether oxygens (including phenoxy) is 3. The molecule has 1 unspecified atom stereocenters. The lowest BCUT2D eigenvalue weighted by atomic mass is 9.48. The first-order valence-electron chi connectivity index (χ1n) is 12.8. The molecule has 4 aliphatic carbocycles. The van der Waals surface area contributed by atoms with Crippen LogP contribution in [0.5, 0.6) is 5.75 Å². The largest absolute Gasteiger partial charge is 0.467 e. The summed E-state index contributed by atoms with van der Waals surface area (Å²) in [7, 11) is 1.66. The van der Waals surface area contributed by atoms with E-state index >= 15 is 0 Å². The normalized spacial score (nSPS) is 27.3. The van der Waals surface area contributed by atoms with Gasteiger partial charge in [-0.2, -0.15) is 0 Å². The average Bonchev–Trinajstić information content (AvgIpc) is 2.86. The van der Waals surface area contributed by atoms with Crippen LogP contribution in [0.15, 0.2) is 42.5 Å². The molecule has 35 heavy (non-hydrogen) atoms. The van der Waals surface area contributed by atoms with E-state index < -0.39 is 6.10 Å². The second-order valence-corrected chi connectivity index (χ2v) is 10.6. The zero-order chi connectivity index (χ0) is 24.3. The topological polar surface area (TPSA) is 68.2 Å². The zero-order valence-corrected chi connectivity index (χ0v) is 20.5. The molecule has 0 aromatic heterocycles. The number of rotatable bonds is 9. The summed E-state index contributed by atoms with van der Waals surface area (Å²) < 4.78 is 16.9. The number of aliphatic hydroxyl groups is 2. The van der Waals surface area contributed by atoms with Crippen molar-refractivity contribution >= 4 is 0 Å². The summed E-state index contributed by atoms with van der Waals surface area (Å²) in [6, 6.07) is 13.5. The Balaban J connectivity index is 1.38. The highest BCUT2D eigenvalue weighted by molar-refractivity contribution is 5.46. The highest BCUT2D eigenvalue weighted by atomic mass is 16.7. The summed E-state index contributed by atoms with van der Waals surface area (Å²) in [5, 5.41) is 20.1. The number of methoxy groups -OCH3 is 1. The summed E-state index contributed by atoms with van der Waals surface area (Å²) in [4.78, 5) is 0. The van der Waals surface area contributed by atoms with Crippen LogP contribution in [-0.4, -0.2) is 37.3 Å². The molecule has 0 saturated heterocycles. The fourth-order valence-corrected chi connectivity index (χ4v) is 6.94. The molecule has 6 rings (SSSR count). The van der Waals surface area contributed by atoms with E-state index in [-0.39, 0.29) is 18.8 Å². The lowest BCUT2D eigenvalue weighted by Crippen LogP contribution is -2.48. The molecular weight excluding hydrogens is 440 g/mol. The van der Waals surface area contributed by atoms with Crippen molar-refractivity contribution < 1.29 is 24.4 Å². The predicted octanol–water partition coefficient (Wildman–Crippen LogP) is 4.73. The predicted molar refractivity (Wildman–Crippen MR) is 134 cm³/mol. The van der Waals surface area contributed by atoms with Crippen LogP contribution in [0.2, 0.25) is 0 Å². The minimum Gasteiger partial charge on any atom is -0.467 e. The minimum absolute atomic E-state index is 0.00434. The van der Waals surface area contributed by atoms with Gasteiger partial charge in [0.15, 0.2) is 6.79 Å². The standard InChI is InChI=1S/C30H36O5/c1-33-10-11-34-20-35-29-15-26(28(32)9-6-21-2-4-22(19-31)5-3-21)7-8-27(29)30-16-23-12-24(17-30)14-25(13-23)18-30/h2-5,7-8,15,23-25,28,31-32H,10-14,16-20H2,1H3. The Labute approximate surface area is 208 Å². The Hall–Kier alpha value is -2.36. The van der Waals surface area contributed by atoms with Crippen molar-refractivity contribution in [3.05, 3.63) is 64.7 Å². The maximum atomic E-state index is 10.9. The van der Waals surface area contributed by atoms with Crippen LogP contribution < -0.4 is 4.74 Å². The van der Waals surface area contributed by atoms with Crippen LogP contribution in [0.1, 0.15) is 66.9 Å². The van der Waals surface area contributed by atoms with Gasteiger partial charge in [0.25, 0.3) is 0 Å². The molecule has 2 N–H and O–H groups in total. The zero-order valence-electron chi connectivity index (χ0n) is 20.5. The number of hydrogen-bond acceptors (Lipinski definition) is 5. The molecule has 0 heterocycles. The van der Waals surface area contributed by atoms with Crippen molar-refractivity contribution in [2.75, 3.05) is 27.1 Å². The first kappa shape index (κ1) is 24.3. The Morgan fingerprint density at radius 3 is 2.29 bits per heavy atom. The molecule has 4 saturated carbocycles. The molecule has 4 fully saturated rings. The van der Waals surface area contributed by atoms with Crippen molar-refractivity contribution in [3.8, 4) is 17.6 Å². The van der Waals surface area contributed by atoms with Gasteiger partial charge < -0.3 is 24.4 Å². The van der Waals surface area contributed by atoms with Gasteiger partial charge >= 0.3 is 0 Å². The van der Waals surface area contributed by atoms with Crippen LogP contribution in [-0.2, 0) is 21.5 Å². The summed E-state index contributed by atoms with van der Waals surface area (Å²) in [5.74, 6) is 9.32. The summed E-state index contributed by atoms with van der Waals surface area (Å²) in [5.41, 5.74) is 3.82. The molecule has 2 aromatic rings. The molecule has 5 nitrogen and oxygen atoms in total. The van der Waals surface area contributed by atoms with Gasteiger partial charge in [0.2, 0.25) is 0 Å². The lowest BCUT2D eigenvalue weighted by Gasteiger charge is -2.57. The Morgan fingerprint density at radius 1 is 0.971 bits per heavy atom. The van der Waals surface area contributed by atoms with Gasteiger partial charge in [-0.05, 0) is 91.0 Å². The summed E-state index contributed by atoms with van der Waals surface area (Å²) in [6.07, 6.45) is 6.97. The third-order valence-corrected chi connectivity index (χ3v) is 8.15. The highest BCUT2D eigenvalue weighted by Gasteiger charge is 2.52. The average molecular weight is 477 g/mol. The molecule has 0 spiro atoms. The van der Waals surface area contributed by atoms with E-state index in [1.807, 2.05) is 36.4 Å². The molecule has 186 valence electrons. The van der Waals surface area contributed by atoms with Crippen molar-refractivity contribution in [2.24, 2.45) is 17.8 Å². The maximum absolute atomic E-state index is 10.9. The van der Waals surface area contributed by atoms with E-state index in [9.17, 15) is 10.2 Å². The number of aliphatic hydroxyl groups excluding tert-OH is 2. The lowest BCUT2D eigenvalue weighted by molar-refractivity contribution is -0.0190. The molecule has 0 amide bonds. The van der Waals surface area contributed by atoms with E-state index in [4.69, 9.17) is 14.2 Å². The molecule has 0 radical (unpaired) electrons. The Kier molecular flexibility index (Phi) is 7.45. The second kappa shape index (κ2) is 10.7. The maximum Gasteiger partial charge on any atom is 0.189 e. The first-order chi connectivity index (χ1) is 17.1. The quantitative estimate of drug-likeness (QED) is 0.311. The molecule has 5 heteroatoms. The van der Waals surface area contributed by atoms with Crippen LogP contribution in [0.3, 0.4) is 0 Å². The van der Waals surface area contributed by atoms with Gasteiger partial charge in [-0.3, -0.25) is 0 Å². The monoisotopic (exact) mass is 476 g/mol. The van der Waals surface area contributed by atoms with Crippen molar-refractivity contribution in [2.45, 2.75) is 56.7 Å². The van der Waals surface area contributed by atoms with Crippen LogP contribution in [0.4, 0.5) is 0 Å². The van der Waals surface area contributed by atoms with Gasteiger partial charge in [0.05, 0.1) is 19.8 Å². The fraction of sp³-hybridized carbons (Fsp3) is 0.533. The summed E-state index contributed by atoms with van der Waals surface area (Å²) >= 11 is 0. The van der Waals surface area contributed by atoms with Gasteiger partial charge in [-0.15, -0.1) is 0 Å². The highest BCUT2D eigenvalue weighted by Crippen LogP contribution is 2.62. The van der Waals surface area contributed by atoms with Gasteiger partial charge in [-0.1, -0.05) is 36.1 Å². The second-order valence-electron chi connectivity index (χ2n) is 10.6. The van der Waals surface area contributed by atoms with Crippen LogP contribution in [0.25, 0.3) is 0 Å². The minimum atomic E-state index is -0.922. The molecular formula is C30H36O5. The fourth-order valence-electron chi connectivity index (χ4n) is 6.94. The summed E-state index contributed by atoms with van der Waals surface area (Å²) in [6.45, 7) is 1.17. The van der Waals surface area contributed by atoms with Crippen molar-refractivity contribution in [1.29, 1.82) is 0 Å². The smallest absolute Gasteiger partial charge is 0.189 e. The third kappa shape index (κ3) is 5.42. The van der Waals surface area contributed by atoms with Crippen LogP contribution in [0, 0.1) is 29.6 Å². The van der Waals surface area contributed by atoms with E-state index in [0.717, 1.165) is 40.2 Å². The SMILES string of the molecule is COCCOCOc1cc(C(O)C#Cc2ccc(CO)cc2)ccc1C12CC3CC(CC(C3)C1)C2. The van der Waals surface area contributed by atoms with E-state index in [0.29, 0.717) is 13.2 Å². The third-order valence-electron chi connectivity index (χ3n) is 8.15. The number of benzene rings is 2. The number of hydrogen-bond donors (Lipinski definition) is 2. The Bertz CT molecular complexity index is 1030. The molecule has 4 aliphatic rings. The van der Waals surface area contributed by atoms with Crippen molar-refractivity contribution in [3.63, 3.8) is 0 Å². The van der Waals surface area contributed by atoms with Crippen LogP contribution >= 0.6 is 0 Å². The van der Waals surface area contributed by atoms with Crippen molar-refractivity contribution in [1.82, 2.24) is 0 Å². The van der Waals surface area contributed by atoms with Gasteiger partial charge in [-0.25, -0.2) is 0 Å². The van der Waals surface area contributed by atoms with E-state index in [1.165, 1.54) is 44.1 Å². The first-order valence-corrected chi connectivity index (χ1v) is 12.8.